The predicted molar refractivity (Wildman–Crippen MR) is 82.9 cm³/mol. The molecule has 0 amide bonds. The van der Waals surface area contributed by atoms with Gasteiger partial charge in [0.15, 0.2) is 17.2 Å². The summed E-state index contributed by atoms with van der Waals surface area (Å²) < 4.78 is 17.3. The van der Waals surface area contributed by atoms with Crippen LogP contribution < -0.4 is 19.9 Å². The molecule has 0 aliphatic carbocycles. The van der Waals surface area contributed by atoms with Crippen LogP contribution in [0.4, 0.5) is 5.69 Å². The molecule has 0 unspecified atom stereocenters. The molecule has 0 bridgehead atoms. The summed E-state index contributed by atoms with van der Waals surface area (Å²) in [6.45, 7) is 1.99. The summed E-state index contributed by atoms with van der Waals surface area (Å²) in [5, 5.41) is 0. The van der Waals surface area contributed by atoms with Gasteiger partial charge in [-0.3, -0.25) is 0 Å². The number of ether oxygens (including phenoxy) is 3. The van der Waals surface area contributed by atoms with Crippen LogP contribution in [0.3, 0.4) is 0 Å². The maximum absolute atomic E-state index is 5.97. The van der Waals surface area contributed by atoms with Crippen LogP contribution in [0.5, 0.6) is 23.0 Å². The van der Waals surface area contributed by atoms with Gasteiger partial charge in [0, 0.05) is 16.6 Å². The minimum Gasteiger partial charge on any atom is -0.493 e. The van der Waals surface area contributed by atoms with Gasteiger partial charge < -0.3 is 19.9 Å². The molecule has 0 fully saturated rings. The van der Waals surface area contributed by atoms with Gasteiger partial charge in [-0.05, 0) is 30.7 Å². The smallest absolute Gasteiger partial charge is 0.164 e. The molecule has 106 valence electrons. The van der Waals surface area contributed by atoms with Crippen molar-refractivity contribution in [2.24, 2.45) is 0 Å². The Morgan fingerprint density at radius 3 is 2.20 bits per heavy atom. The van der Waals surface area contributed by atoms with E-state index in [-0.39, 0.29) is 0 Å². The van der Waals surface area contributed by atoms with Crippen molar-refractivity contribution in [3.05, 3.63) is 40.4 Å². The lowest BCUT2D eigenvalue weighted by Crippen LogP contribution is -1.97. The lowest BCUT2D eigenvalue weighted by molar-refractivity contribution is 0.352. The summed E-state index contributed by atoms with van der Waals surface area (Å²) in [4.78, 5) is 0. The van der Waals surface area contributed by atoms with E-state index in [9.17, 15) is 0 Å². The van der Waals surface area contributed by atoms with E-state index in [0.717, 1.165) is 10.0 Å². The van der Waals surface area contributed by atoms with Gasteiger partial charge in [-0.15, -0.1) is 0 Å². The second kappa shape index (κ2) is 6.05. The van der Waals surface area contributed by atoms with E-state index in [1.807, 2.05) is 25.1 Å². The van der Waals surface area contributed by atoms with Crippen LogP contribution in [0.2, 0.25) is 0 Å². The molecule has 2 aromatic rings. The molecule has 4 nitrogen and oxygen atoms in total. The number of rotatable bonds is 4. The van der Waals surface area contributed by atoms with Gasteiger partial charge in [0.05, 0.1) is 19.9 Å². The highest BCUT2D eigenvalue weighted by Gasteiger charge is 2.11. The van der Waals surface area contributed by atoms with Crippen molar-refractivity contribution in [1.29, 1.82) is 0 Å². The molecule has 0 aliphatic heterocycles. The van der Waals surface area contributed by atoms with E-state index in [4.69, 9.17) is 19.9 Å². The normalized spacial score (nSPS) is 10.2. The number of nitrogen functional groups attached to an aromatic ring is 1. The van der Waals surface area contributed by atoms with E-state index < -0.39 is 0 Å². The number of halogens is 1. The molecule has 0 saturated heterocycles. The standard InChI is InChI=1S/C15H16BrNO3/c1-9-6-10(4-5-11(9)16)20-13-8-15(19-3)14(18-2)7-12(13)17/h4-8H,17H2,1-3H3. The van der Waals surface area contributed by atoms with Crippen molar-refractivity contribution >= 4 is 21.6 Å². The highest BCUT2D eigenvalue weighted by molar-refractivity contribution is 9.10. The molecule has 0 aliphatic rings. The third kappa shape index (κ3) is 2.99. The molecule has 0 atom stereocenters. The van der Waals surface area contributed by atoms with E-state index >= 15 is 0 Å². The quantitative estimate of drug-likeness (QED) is 0.851. The fraction of sp³-hybridized carbons (Fsp3) is 0.200. The summed E-state index contributed by atoms with van der Waals surface area (Å²) in [5.41, 5.74) is 7.54. The van der Waals surface area contributed by atoms with Crippen molar-refractivity contribution < 1.29 is 14.2 Å². The summed E-state index contributed by atoms with van der Waals surface area (Å²) in [6, 6.07) is 9.13. The van der Waals surface area contributed by atoms with Gasteiger partial charge in [0.2, 0.25) is 0 Å². The molecule has 0 aromatic heterocycles. The first-order valence-electron chi connectivity index (χ1n) is 6.00. The molecule has 20 heavy (non-hydrogen) atoms. The first-order chi connectivity index (χ1) is 9.55. The predicted octanol–water partition coefficient (Wildman–Crippen LogP) is 4.15. The molecular formula is C15H16BrNO3. The van der Waals surface area contributed by atoms with Crippen molar-refractivity contribution in [1.82, 2.24) is 0 Å². The van der Waals surface area contributed by atoms with Crippen LogP contribution >= 0.6 is 15.9 Å². The van der Waals surface area contributed by atoms with Crippen LogP contribution in [0, 0.1) is 6.92 Å². The van der Waals surface area contributed by atoms with Crippen molar-refractivity contribution in [2.45, 2.75) is 6.92 Å². The molecule has 2 aromatic carbocycles. The third-order valence-corrected chi connectivity index (χ3v) is 3.76. The molecule has 2 N–H and O–H groups in total. The Morgan fingerprint density at radius 1 is 0.950 bits per heavy atom. The number of benzene rings is 2. The Labute approximate surface area is 126 Å². The van der Waals surface area contributed by atoms with Crippen molar-refractivity contribution in [3.8, 4) is 23.0 Å². The number of anilines is 1. The Hall–Kier alpha value is -1.88. The number of methoxy groups -OCH3 is 2. The minimum atomic E-state index is 0.489. The SMILES string of the molecule is COc1cc(N)c(Oc2ccc(Br)c(C)c2)cc1OC. The summed E-state index contributed by atoms with van der Waals surface area (Å²) >= 11 is 3.45. The van der Waals surface area contributed by atoms with E-state index in [1.165, 1.54) is 0 Å². The summed E-state index contributed by atoms with van der Waals surface area (Å²) in [7, 11) is 3.14. The number of hydrogen-bond donors (Lipinski definition) is 1. The third-order valence-electron chi connectivity index (χ3n) is 2.87. The van der Waals surface area contributed by atoms with Crippen LogP contribution in [-0.4, -0.2) is 14.2 Å². The fourth-order valence-corrected chi connectivity index (χ4v) is 2.02. The average Bonchev–Trinajstić information content (AvgIpc) is 2.44. The second-order valence-electron chi connectivity index (χ2n) is 4.26. The largest absolute Gasteiger partial charge is 0.493 e. The molecule has 0 saturated carbocycles. The van der Waals surface area contributed by atoms with E-state index in [0.29, 0.717) is 28.7 Å². The highest BCUT2D eigenvalue weighted by atomic mass is 79.9. The molecular weight excluding hydrogens is 322 g/mol. The number of nitrogens with two attached hydrogens (primary N) is 1. The maximum Gasteiger partial charge on any atom is 0.164 e. The average molecular weight is 338 g/mol. The zero-order chi connectivity index (χ0) is 14.7. The van der Waals surface area contributed by atoms with Crippen LogP contribution in [0.15, 0.2) is 34.8 Å². The first-order valence-corrected chi connectivity index (χ1v) is 6.80. The van der Waals surface area contributed by atoms with Crippen LogP contribution in [0.1, 0.15) is 5.56 Å². The van der Waals surface area contributed by atoms with E-state index in [2.05, 4.69) is 15.9 Å². The summed E-state index contributed by atoms with van der Waals surface area (Å²) in [5.74, 6) is 2.39. The fourth-order valence-electron chi connectivity index (χ4n) is 1.77. The van der Waals surface area contributed by atoms with Gasteiger partial charge >= 0.3 is 0 Å². The highest BCUT2D eigenvalue weighted by Crippen LogP contribution is 2.38. The zero-order valence-corrected chi connectivity index (χ0v) is 13.2. The van der Waals surface area contributed by atoms with Crippen molar-refractivity contribution in [3.63, 3.8) is 0 Å². The van der Waals surface area contributed by atoms with E-state index in [1.54, 1.807) is 26.4 Å². The van der Waals surface area contributed by atoms with Gasteiger partial charge in [-0.2, -0.15) is 0 Å². The topological polar surface area (TPSA) is 53.7 Å². The van der Waals surface area contributed by atoms with Gasteiger partial charge in [0.25, 0.3) is 0 Å². The van der Waals surface area contributed by atoms with Gasteiger partial charge in [0.1, 0.15) is 5.75 Å². The Kier molecular flexibility index (Phi) is 4.39. The second-order valence-corrected chi connectivity index (χ2v) is 5.11. The van der Waals surface area contributed by atoms with Crippen LogP contribution in [0.25, 0.3) is 0 Å². The Morgan fingerprint density at radius 2 is 1.60 bits per heavy atom. The maximum atomic E-state index is 5.97. The molecule has 0 spiro atoms. The minimum absolute atomic E-state index is 0.489. The molecule has 2 rings (SSSR count). The van der Waals surface area contributed by atoms with Crippen molar-refractivity contribution in [2.75, 3.05) is 20.0 Å². The first kappa shape index (κ1) is 14.5. The van der Waals surface area contributed by atoms with Gasteiger partial charge in [-0.1, -0.05) is 15.9 Å². The Bertz CT molecular complexity index is 629. The number of hydrogen-bond acceptors (Lipinski definition) is 4. The zero-order valence-electron chi connectivity index (χ0n) is 11.6. The van der Waals surface area contributed by atoms with Gasteiger partial charge in [-0.25, -0.2) is 0 Å². The molecule has 0 heterocycles. The number of aryl methyl sites for hydroxylation is 1. The monoisotopic (exact) mass is 337 g/mol. The summed E-state index contributed by atoms with van der Waals surface area (Å²) in [6.07, 6.45) is 0. The molecule has 5 heteroatoms. The Balaban J connectivity index is 2.35. The lowest BCUT2D eigenvalue weighted by atomic mass is 10.2. The molecule has 0 radical (unpaired) electrons. The lowest BCUT2D eigenvalue weighted by Gasteiger charge is -2.13. The van der Waals surface area contributed by atoms with Crippen LogP contribution in [-0.2, 0) is 0 Å².